The summed E-state index contributed by atoms with van der Waals surface area (Å²) in [6.45, 7) is 2.96. The van der Waals surface area contributed by atoms with Gasteiger partial charge >= 0.3 is 6.18 Å². The van der Waals surface area contributed by atoms with Crippen LogP contribution >= 0.6 is 11.3 Å². The summed E-state index contributed by atoms with van der Waals surface area (Å²) in [4.78, 5) is 13.4. The van der Waals surface area contributed by atoms with E-state index in [1.165, 1.54) is 17.4 Å². The second-order valence-electron chi connectivity index (χ2n) is 7.00. The number of benzene rings is 1. The van der Waals surface area contributed by atoms with Crippen molar-refractivity contribution in [2.45, 2.75) is 43.9 Å². The summed E-state index contributed by atoms with van der Waals surface area (Å²) in [5, 5.41) is 4.74. The highest BCUT2D eigenvalue weighted by molar-refractivity contribution is 7.10. The zero-order chi connectivity index (χ0) is 19.5. The van der Waals surface area contributed by atoms with E-state index in [4.69, 9.17) is 4.74 Å². The van der Waals surface area contributed by atoms with Gasteiger partial charge in [0.1, 0.15) is 0 Å². The Bertz CT molecular complexity index is 770. The maximum atomic E-state index is 13.2. The van der Waals surface area contributed by atoms with Crippen LogP contribution in [0.25, 0.3) is 0 Å². The average Bonchev–Trinajstić information content (AvgIpc) is 3.33. The number of thiophene rings is 1. The van der Waals surface area contributed by atoms with Gasteiger partial charge in [0.15, 0.2) is 0 Å². The van der Waals surface area contributed by atoms with Crippen LogP contribution in [0.1, 0.15) is 42.2 Å². The first-order valence-corrected chi connectivity index (χ1v) is 9.77. The number of rotatable bonds is 6. The topological polar surface area (TPSA) is 38.3 Å². The molecule has 1 saturated heterocycles. The molecule has 2 unspecified atom stereocenters. The molecule has 2 aromatic rings. The van der Waals surface area contributed by atoms with Crippen molar-refractivity contribution in [1.82, 2.24) is 5.32 Å². The van der Waals surface area contributed by atoms with E-state index in [-0.39, 0.29) is 18.4 Å². The van der Waals surface area contributed by atoms with Crippen LogP contribution in [0.5, 0.6) is 0 Å². The Hall–Kier alpha value is -1.86. The molecule has 1 aliphatic rings. The third-order valence-corrected chi connectivity index (χ3v) is 6.09. The molecular formula is C20H22F3NO2S. The number of nitrogens with one attached hydrogen (secondary N) is 1. The maximum absolute atomic E-state index is 13.2. The molecule has 1 fully saturated rings. The molecule has 1 aliphatic heterocycles. The standard InChI is InChI=1S/C20H22F3NO2S/c1-19(17-8-4-10-27-17,12-18(25)24-13-16-7-3-9-26-16)14-5-2-6-15(11-14)20(21,22)23/h2,4-6,8,10-11,16H,3,7,9,12-13H2,1H3,(H,24,25). The van der Waals surface area contributed by atoms with Crippen molar-refractivity contribution in [1.29, 1.82) is 0 Å². The molecule has 7 heteroatoms. The van der Waals surface area contributed by atoms with Crippen molar-refractivity contribution in [3.05, 3.63) is 57.8 Å². The zero-order valence-corrected chi connectivity index (χ0v) is 15.8. The number of alkyl halides is 3. The fraction of sp³-hybridized carbons (Fsp3) is 0.450. The second-order valence-corrected chi connectivity index (χ2v) is 7.95. The lowest BCUT2D eigenvalue weighted by Crippen LogP contribution is -2.37. The van der Waals surface area contributed by atoms with Gasteiger partial charge in [-0.3, -0.25) is 4.79 Å². The zero-order valence-electron chi connectivity index (χ0n) is 15.0. The van der Waals surface area contributed by atoms with Crippen LogP contribution in [0.4, 0.5) is 13.2 Å². The Morgan fingerprint density at radius 1 is 1.26 bits per heavy atom. The van der Waals surface area contributed by atoms with Crippen LogP contribution in [0.3, 0.4) is 0 Å². The lowest BCUT2D eigenvalue weighted by Gasteiger charge is -2.29. The Morgan fingerprint density at radius 3 is 2.67 bits per heavy atom. The first kappa shape index (κ1) is 19.9. The van der Waals surface area contributed by atoms with Gasteiger partial charge in [-0.05, 0) is 35.9 Å². The molecule has 3 nitrogen and oxygen atoms in total. The van der Waals surface area contributed by atoms with Gasteiger partial charge in [0, 0.05) is 29.9 Å². The predicted molar refractivity (Wildman–Crippen MR) is 98.8 cm³/mol. The van der Waals surface area contributed by atoms with Gasteiger partial charge < -0.3 is 10.1 Å². The molecule has 3 rings (SSSR count). The SMILES string of the molecule is CC(CC(=O)NCC1CCCO1)(c1cccc(C(F)(F)F)c1)c1cccs1. The number of hydrogen-bond acceptors (Lipinski definition) is 3. The third-order valence-electron chi connectivity index (χ3n) is 4.96. The van der Waals surface area contributed by atoms with Gasteiger partial charge in [-0.25, -0.2) is 0 Å². The molecule has 0 spiro atoms. The molecule has 0 saturated carbocycles. The lowest BCUT2D eigenvalue weighted by atomic mass is 9.77. The van der Waals surface area contributed by atoms with Gasteiger partial charge in [0.05, 0.1) is 11.7 Å². The Kier molecular flexibility index (Phi) is 5.91. The van der Waals surface area contributed by atoms with Gasteiger partial charge in [0.2, 0.25) is 5.91 Å². The van der Waals surface area contributed by atoms with Crippen molar-refractivity contribution in [2.75, 3.05) is 13.2 Å². The molecule has 0 aliphatic carbocycles. The summed E-state index contributed by atoms with van der Waals surface area (Å²) < 4.78 is 45.0. The van der Waals surface area contributed by atoms with Gasteiger partial charge in [0.25, 0.3) is 0 Å². The van der Waals surface area contributed by atoms with Crippen molar-refractivity contribution in [3.8, 4) is 0 Å². The molecule has 1 aromatic heterocycles. The van der Waals surface area contributed by atoms with E-state index >= 15 is 0 Å². The van der Waals surface area contributed by atoms with E-state index in [1.807, 2.05) is 24.4 Å². The highest BCUT2D eigenvalue weighted by Gasteiger charge is 2.36. The first-order valence-electron chi connectivity index (χ1n) is 8.89. The molecule has 27 heavy (non-hydrogen) atoms. The highest BCUT2D eigenvalue weighted by Crippen LogP contribution is 2.40. The fourth-order valence-corrected chi connectivity index (χ4v) is 4.29. The van der Waals surface area contributed by atoms with Crippen LogP contribution in [0.15, 0.2) is 41.8 Å². The molecule has 1 N–H and O–H groups in total. The molecule has 2 heterocycles. The summed E-state index contributed by atoms with van der Waals surface area (Å²) in [5.41, 5.74) is -1.06. The van der Waals surface area contributed by atoms with Crippen molar-refractivity contribution < 1.29 is 22.7 Å². The van der Waals surface area contributed by atoms with Crippen LogP contribution < -0.4 is 5.32 Å². The number of ether oxygens (including phenoxy) is 1. The summed E-state index contributed by atoms with van der Waals surface area (Å²) in [7, 11) is 0. The minimum Gasteiger partial charge on any atom is -0.376 e. The van der Waals surface area contributed by atoms with Gasteiger partial charge in [-0.2, -0.15) is 13.2 Å². The molecule has 146 valence electrons. The monoisotopic (exact) mass is 397 g/mol. The van der Waals surface area contributed by atoms with Crippen LogP contribution in [-0.2, 0) is 21.1 Å². The number of carbonyl (C=O) groups is 1. The minimum absolute atomic E-state index is 0.0236. The van der Waals surface area contributed by atoms with Gasteiger partial charge in [-0.1, -0.05) is 31.2 Å². The first-order chi connectivity index (χ1) is 12.8. The van der Waals surface area contributed by atoms with Crippen molar-refractivity contribution >= 4 is 17.2 Å². The molecular weight excluding hydrogens is 375 g/mol. The number of halogens is 3. The van der Waals surface area contributed by atoms with E-state index < -0.39 is 17.2 Å². The van der Waals surface area contributed by atoms with E-state index in [0.717, 1.165) is 29.9 Å². The Labute approximate surface area is 160 Å². The van der Waals surface area contributed by atoms with E-state index in [9.17, 15) is 18.0 Å². The van der Waals surface area contributed by atoms with E-state index in [0.29, 0.717) is 18.7 Å². The van der Waals surface area contributed by atoms with E-state index in [2.05, 4.69) is 5.32 Å². The fourth-order valence-electron chi connectivity index (χ4n) is 3.38. The molecule has 2 atom stereocenters. The molecule has 1 aromatic carbocycles. The lowest BCUT2D eigenvalue weighted by molar-refractivity contribution is -0.137. The van der Waals surface area contributed by atoms with Gasteiger partial charge in [-0.15, -0.1) is 11.3 Å². The Morgan fingerprint density at radius 2 is 2.04 bits per heavy atom. The quantitative estimate of drug-likeness (QED) is 0.763. The minimum atomic E-state index is -4.42. The summed E-state index contributed by atoms with van der Waals surface area (Å²) in [6.07, 6.45) is -2.43. The predicted octanol–water partition coefficient (Wildman–Crippen LogP) is 4.76. The van der Waals surface area contributed by atoms with Crippen LogP contribution in [-0.4, -0.2) is 25.2 Å². The molecule has 0 radical (unpaired) electrons. The third kappa shape index (κ3) is 4.71. The Balaban J connectivity index is 1.83. The molecule has 0 bridgehead atoms. The second kappa shape index (κ2) is 8.02. The van der Waals surface area contributed by atoms with Crippen LogP contribution in [0.2, 0.25) is 0 Å². The van der Waals surface area contributed by atoms with Crippen LogP contribution in [0, 0.1) is 0 Å². The smallest absolute Gasteiger partial charge is 0.376 e. The summed E-state index contributed by atoms with van der Waals surface area (Å²) in [6, 6.07) is 8.95. The average molecular weight is 397 g/mol. The summed E-state index contributed by atoms with van der Waals surface area (Å²) >= 11 is 1.44. The number of amides is 1. The number of carbonyl (C=O) groups excluding carboxylic acids is 1. The normalized spacial score (nSPS) is 19.6. The van der Waals surface area contributed by atoms with Crippen molar-refractivity contribution in [2.24, 2.45) is 0 Å². The van der Waals surface area contributed by atoms with Crippen molar-refractivity contribution in [3.63, 3.8) is 0 Å². The number of hydrogen-bond donors (Lipinski definition) is 1. The van der Waals surface area contributed by atoms with E-state index in [1.54, 1.807) is 6.07 Å². The largest absolute Gasteiger partial charge is 0.416 e. The summed E-state index contributed by atoms with van der Waals surface area (Å²) in [5.74, 6) is -0.196. The molecule has 1 amide bonds. The maximum Gasteiger partial charge on any atom is 0.416 e. The highest BCUT2D eigenvalue weighted by atomic mass is 32.1.